The first-order valence-electron chi connectivity index (χ1n) is 7.27. The molecule has 1 saturated carbocycles. The SMILES string of the molecule is CC(C)(C)C1CCC(=O)C(CCCOCC(F)(F)F)C1. The van der Waals surface area contributed by atoms with Gasteiger partial charge < -0.3 is 4.74 Å². The molecule has 0 heterocycles. The summed E-state index contributed by atoms with van der Waals surface area (Å²) in [4.78, 5) is 11.9. The minimum atomic E-state index is -4.27. The van der Waals surface area contributed by atoms with E-state index in [1.165, 1.54) is 0 Å². The van der Waals surface area contributed by atoms with Crippen LogP contribution in [0.1, 0.15) is 52.9 Å². The highest BCUT2D eigenvalue weighted by atomic mass is 19.4. The molecule has 2 atom stereocenters. The fraction of sp³-hybridized carbons (Fsp3) is 0.933. The highest BCUT2D eigenvalue weighted by molar-refractivity contribution is 5.81. The number of ketones is 1. The molecule has 0 saturated heterocycles. The molecule has 0 aromatic carbocycles. The standard InChI is InChI=1S/C15H25F3O2/c1-14(2,3)12-6-7-13(19)11(9-12)5-4-8-20-10-15(16,17)18/h11-12H,4-10H2,1-3H3. The first-order valence-corrected chi connectivity index (χ1v) is 7.27. The topological polar surface area (TPSA) is 26.3 Å². The van der Waals surface area contributed by atoms with Crippen molar-refractivity contribution < 1.29 is 22.7 Å². The Bertz CT molecular complexity index is 318. The van der Waals surface area contributed by atoms with E-state index in [2.05, 4.69) is 25.5 Å². The van der Waals surface area contributed by atoms with Crippen molar-refractivity contribution in [3.8, 4) is 0 Å². The van der Waals surface area contributed by atoms with Crippen LogP contribution in [0.2, 0.25) is 0 Å². The molecule has 118 valence electrons. The van der Waals surface area contributed by atoms with E-state index >= 15 is 0 Å². The van der Waals surface area contributed by atoms with Gasteiger partial charge in [-0.25, -0.2) is 0 Å². The lowest BCUT2D eigenvalue weighted by molar-refractivity contribution is -0.174. The van der Waals surface area contributed by atoms with Gasteiger partial charge in [-0.05, 0) is 37.0 Å². The Kier molecular flexibility index (Phi) is 6.05. The minimum Gasteiger partial charge on any atom is -0.372 e. The molecular weight excluding hydrogens is 269 g/mol. The van der Waals surface area contributed by atoms with Crippen molar-refractivity contribution in [3.05, 3.63) is 0 Å². The van der Waals surface area contributed by atoms with Crippen LogP contribution in [0.4, 0.5) is 13.2 Å². The van der Waals surface area contributed by atoms with Crippen LogP contribution in [-0.4, -0.2) is 25.2 Å². The number of Topliss-reactive ketones (excluding diaryl/α,β-unsaturated/α-hetero) is 1. The first-order chi connectivity index (χ1) is 9.09. The summed E-state index contributed by atoms with van der Waals surface area (Å²) in [5.41, 5.74) is 0.186. The lowest BCUT2D eigenvalue weighted by Gasteiger charge is -2.37. The van der Waals surface area contributed by atoms with Gasteiger partial charge in [-0.1, -0.05) is 20.8 Å². The monoisotopic (exact) mass is 294 g/mol. The number of carbonyl (C=O) groups is 1. The Hall–Kier alpha value is -0.580. The second-order valence-electron chi connectivity index (χ2n) is 6.81. The Balaban J connectivity index is 2.29. The maximum atomic E-state index is 11.9. The van der Waals surface area contributed by atoms with E-state index in [4.69, 9.17) is 0 Å². The van der Waals surface area contributed by atoms with E-state index in [9.17, 15) is 18.0 Å². The lowest BCUT2D eigenvalue weighted by Crippen LogP contribution is -2.32. The molecule has 2 nitrogen and oxygen atoms in total. The molecule has 1 aliphatic carbocycles. The molecular formula is C15H25F3O2. The molecule has 0 bridgehead atoms. The smallest absolute Gasteiger partial charge is 0.372 e. The predicted molar refractivity (Wildman–Crippen MR) is 71.4 cm³/mol. The summed E-state index contributed by atoms with van der Waals surface area (Å²) in [7, 11) is 0. The summed E-state index contributed by atoms with van der Waals surface area (Å²) >= 11 is 0. The first kappa shape index (κ1) is 17.5. The van der Waals surface area contributed by atoms with Crippen molar-refractivity contribution in [2.24, 2.45) is 17.3 Å². The average Bonchev–Trinajstić information content (AvgIpc) is 2.28. The number of halogens is 3. The molecule has 2 unspecified atom stereocenters. The van der Waals surface area contributed by atoms with E-state index in [1.54, 1.807) is 0 Å². The summed E-state index contributed by atoms with van der Waals surface area (Å²) < 4.78 is 40.3. The number of alkyl halides is 3. The van der Waals surface area contributed by atoms with Crippen LogP contribution in [0.3, 0.4) is 0 Å². The Morgan fingerprint density at radius 3 is 2.45 bits per heavy atom. The van der Waals surface area contributed by atoms with Gasteiger partial charge in [0.25, 0.3) is 0 Å². The van der Waals surface area contributed by atoms with Crippen LogP contribution in [0, 0.1) is 17.3 Å². The normalized spacial score (nSPS) is 25.0. The molecule has 0 radical (unpaired) electrons. The number of carbonyl (C=O) groups excluding carboxylic acids is 1. The quantitative estimate of drug-likeness (QED) is 0.703. The van der Waals surface area contributed by atoms with Crippen LogP contribution in [0.15, 0.2) is 0 Å². The Morgan fingerprint density at radius 2 is 1.90 bits per heavy atom. The largest absolute Gasteiger partial charge is 0.411 e. The van der Waals surface area contributed by atoms with Gasteiger partial charge in [0.15, 0.2) is 0 Å². The fourth-order valence-electron chi connectivity index (χ4n) is 2.80. The second kappa shape index (κ2) is 6.92. The predicted octanol–water partition coefficient (Wildman–Crippen LogP) is 4.38. The van der Waals surface area contributed by atoms with Crippen molar-refractivity contribution in [2.45, 2.75) is 59.1 Å². The van der Waals surface area contributed by atoms with Gasteiger partial charge >= 0.3 is 6.18 Å². The minimum absolute atomic E-state index is 0.00228. The molecule has 5 heteroatoms. The van der Waals surface area contributed by atoms with Gasteiger partial charge in [0.05, 0.1) is 0 Å². The maximum Gasteiger partial charge on any atom is 0.411 e. The number of hydrogen-bond donors (Lipinski definition) is 0. The van der Waals surface area contributed by atoms with Crippen LogP contribution >= 0.6 is 0 Å². The van der Waals surface area contributed by atoms with Crippen molar-refractivity contribution in [3.63, 3.8) is 0 Å². The van der Waals surface area contributed by atoms with Crippen molar-refractivity contribution in [2.75, 3.05) is 13.2 Å². The third-order valence-corrected chi connectivity index (χ3v) is 4.10. The molecule has 1 aliphatic rings. The molecule has 0 aromatic heterocycles. The van der Waals surface area contributed by atoms with Gasteiger partial charge in [0.2, 0.25) is 0 Å². The van der Waals surface area contributed by atoms with Crippen LogP contribution in [0.5, 0.6) is 0 Å². The highest BCUT2D eigenvalue weighted by Crippen LogP contribution is 2.40. The van der Waals surface area contributed by atoms with Crippen molar-refractivity contribution in [1.82, 2.24) is 0 Å². The molecule has 1 rings (SSSR count). The average molecular weight is 294 g/mol. The summed E-state index contributed by atoms with van der Waals surface area (Å²) in [5, 5.41) is 0. The fourth-order valence-corrected chi connectivity index (χ4v) is 2.80. The van der Waals surface area contributed by atoms with Gasteiger partial charge in [0, 0.05) is 18.9 Å². The van der Waals surface area contributed by atoms with E-state index in [1.807, 2.05) is 0 Å². The molecule has 0 aromatic rings. The summed E-state index contributed by atoms with van der Waals surface area (Å²) in [6.07, 6.45) is -0.703. The Labute approximate surface area is 119 Å². The zero-order valence-electron chi connectivity index (χ0n) is 12.6. The van der Waals surface area contributed by atoms with Gasteiger partial charge in [-0.15, -0.1) is 0 Å². The van der Waals surface area contributed by atoms with Gasteiger partial charge in [-0.2, -0.15) is 13.2 Å². The maximum absolute atomic E-state index is 11.9. The third kappa shape index (κ3) is 6.25. The van der Waals surface area contributed by atoms with Crippen LogP contribution in [-0.2, 0) is 9.53 Å². The molecule has 0 N–H and O–H groups in total. The number of hydrogen-bond acceptors (Lipinski definition) is 2. The molecule has 0 amide bonds. The zero-order valence-corrected chi connectivity index (χ0v) is 12.6. The van der Waals surface area contributed by atoms with Crippen molar-refractivity contribution >= 4 is 5.78 Å². The zero-order chi connectivity index (χ0) is 15.4. The van der Waals surface area contributed by atoms with Crippen LogP contribution < -0.4 is 0 Å². The number of rotatable bonds is 5. The van der Waals surface area contributed by atoms with E-state index in [-0.39, 0.29) is 23.7 Å². The lowest BCUT2D eigenvalue weighted by atomic mass is 9.68. The second-order valence-corrected chi connectivity index (χ2v) is 6.81. The van der Waals surface area contributed by atoms with E-state index < -0.39 is 12.8 Å². The number of ether oxygens (including phenoxy) is 1. The van der Waals surface area contributed by atoms with E-state index in [0.29, 0.717) is 25.2 Å². The molecule has 0 aliphatic heterocycles. The molecule has 20 heavy (non-hydrogen) atoms. The summed E-state index contributed by atoms with van der Waals surface area (Å²) in [6.45, 7) is 5.41. The highest BCUT2D eigenvalue weighted by Gasteiger charge is 2.34. The van der Waals surface area contributed by atoms with Gasteiger partial charge in [0.1, 0.15) is 12.4 Å². The Morgan fingerprint density at radius 1 is 1.25 bits per heavy atom. The molecule has 0 spiro atoms. The molecule has 1 fully saturated rings. The van der Waals surface area contributed by atoms with Gasteiger partial charge in [-0.3, -0.25) is 4.79 Å². The summed E-state index contributed by atoms with van der Waals surface area (Å²) in [6, 6.07) is 0. The van der Waals surface area contributed by atoms with Crippen molar-refractivity contribution in [1.29, 1.82) is 0 Å². The third-order valence-electron chi connectivity index (χ3n) is 4.10. The summed E-state index contributed by atoms with van der Waals surface area (Å²) in [5.74, 6) is 0.782. The van der Waals surface area contributed by atoms with Crippen LogP contribution in [0.25, 0.3) is 0 Å². The van der Waals surface area contributed by atoms with E-state index in [0.717, 1.165) is 12.8 Å².